The molecule has 1 aliphatic rings. The van der Waals surface area contributed by atoms with Gasteiger partial charge in [0.05, 0.1) is 22.8 Å². The summed E-state index contributed by atoms with van der Waals surface area (Å²) in [6.07, 6.45) is 6.50. The van der Waals surface area contributed by atoms with Gasteiger partial charge < -0.3 is 10.2 Å². The molecule has 0 bridgehead atoms. The van der Waals surface area contributed by atoms with E-state index in [1.54, 1.807) is 29.9 Å². The number of carbonyl (C=O) groups excluding carboxylic acids is 1. The molecule has 3 aromatic rings. The van der Waals surface area contributed by atoms with Crippen molar-refractivity contribution >= 4 is 23.2 Å². The number of anilines is 1. The van der Waals surface area contributed by atoms with E-state index >= 15 is 0 Å². The quantitative estimate of drug-likeness (QED) is 0.731. The van der Waals surface area contributed by atoms with Crippen molar-refractivity contribution in [2.75, 3.05) is 18.0 Å². The Morgan fingerprint density at radius 2 is 2.26 bits per heavy atom. The summed E-state index contributed by atoms with van der Waals surface area (Å²) in [5.41, 5.74) is 2.64. The van der Waals surface area contributed by atoms with E-state index in [9.17, 15) is 4.79 Å². The lowest BCUT2D eigenvalue weighted by atomic mass is 10.2. The molecule has 138 valence electrons. The molecule has 27 heavy (non-hydrogen) atoms. The molecule has 1 fully saturated rings. The third kappa shape index (κ3) is 4.28. The Kier molecular flexibility index (Phi) is 5.06. The fraction of sp³-hybridized carbons (Fsp3) is 0.316. The first kappa shape index (κ1) is 17.5. The standard InChI is InChI=1S/C19H20N6OS/c1-13-22-16(12-27-13)9-18(26)23-15-5-8-25(11-15)19-21-7-4-17(24-19)14-3-2-6-20-10-14/h2-4,6-7,10,12,15H,5,8-9,11H2,1H3,(H,23,26). The summed E-state index contributed by atoms with van der Waals surface area (Å²) >= 11 is 1.57. The van der Waals surface area contributed by atoms with Gasteiger partial charge in [-0.3, -0.25) is 9.78 Å². The number of nitrogens with zero attached hydrogens (tertiary/aromatic N) is 5. The molecule has 0 radical (unpaired) electrons. The van der Waals surface area contributed by atoms with Crippen molar-refractivity contribution in [3.05, 3.63) is 52.9 Å². The maximum atomic E-state index is 12.3. The van der Waals surface area contributed by atoms with E-state index in [4.69, 9.17) is 0 Å². The van der Waals surface area contributed by atoms with Gasteiger partial charge in [0.1, 0.15) is 0 Å². The van der Waals surface area contributed by atoms with Crippen molar-refractivity contribution in [3.63, 3.8) is 0 Å². The van der Waals surface area contributed by atoms with Crippen LogP contribution in [0.4, 0.5) is 5.95 Å². The minimum absolute atomic E-state index is 0.0113. The minimum atomic E-state index is 0.0113. The first-order chi connectivity index (χ1) is 13.2. The highest BCUT2D eigenvalue weighted by molar-refractivity contribution is 7.09. The van der Waals surface area contributed by atoms with E-state index < -0.39 is 0 Å². The molecule has 1 atom stereocenters. The lowest BCUT2D eigenvalue weighted by molar-refractivity contribution is -0.121. The van der Waals surface area contributed by atoms with Crippen LogP contribution in [0.1, 0.15) is 17.1 Å². The molecule has 8 heteroatoms. The number of aromatic nitrogens is 4. The molecule has 1 saturated heterocycles. The maximum absolute atomic E-state index is 12.3. The predicted octanol–water partition coefficient (Wildman–Crippen LogP) is 2.24. The lowest BCUT2D eigenvalue weighted by Crippen LogP contribution is -2.38. The first-order valence-electron chi connectivity index (χ1n) is 8.86. The molecule has 1 aliphatic heterocycles. The number of hydrogen-bond acceptors (Lipinski definition) is 7. The average Bonchev–Trinajstić information content (AvgIpc) is 3.31. The Morgan fingerprint density at radius 1 is 1.33 bits per heavy atom. The largest absolute Gasteiger partial charge is 0.351 e. The van der Waals surface area contributed by atoms with Crippen LogP contribution < -0.4 is 10.2 Å². The monoisotopic (exact) mass is 380 g/mol. The van der Waals surface area contributed by atoms with Gasteiger partial charge in [-0.25, -0.2) is 15.0 Å². The van der Waals surface area contributed by atoms with Crippen molar-refractivity contribution in [2.45, 2.75) is 25.8 Å². The molecule has 1 unspecified atom stereocenters. The van der Waals surface area contributed by atoms with Crippen LogP contribution in [0.15, 0.2) is 42.2 Å². The summed E-state index contributed by atoms with van der Waals surface area (Å²) in [4.78, 5) is 31.9. The zero-order valence-corrected chi connectivity index (χ0v) is 15.8. The van der Waals surface area contributed by atoms with E-state index in [1.807, 2.05) is 30.5 Å². The van der Waals surface area contributed by atoms with E-state index in [1.165, 1.54) is 0 Å². The number of amides is 1. The second-order valence-electron chi connectivity index (χ2n) is 6.52. The molecule has 0 aromatic carbocycles. The molecular weight excluding hydrogens is 360 g/mol. The maximum Gasteiger partial charge on any atom is 0.226 e. The van der Waals surface area contributed by atoms with Crippen molar-refractivity contribution in [3.8, 4) is 11.3 Å². The molecule has 0 aliphatic carbocycles. The SMILES string of the molecule is Cc1nc(CC(=O)NC2CCN(c3nccc(-c4cccnc4)n3)C2)cs1. The van der Waals surface area contributed by atoms with Gasteiger partial charge in [0.25, 0.3) is 0 Å². The van der Waals surface area contributed by atoms with Crippen molar-refractivity contribution < 1.29 is 4.79 Å². The van der Waals surface area contributed by atoms with Crippen molar-refractivity contribution in [1.29, 1.82) is 0 Å². The summed E-state index contributed by atoms with van der Waals surface area (Å²) in [5.74, 6) is 0.695. The zero-order valence-electron chi connectivity index (χ0n) is 15.0. The van der Waals surface area contributed by atoms with Crippen molar-refractivity contribution in [2.24, 2.45) is 0 Å². The first-order valence-corrected chi connectivity index (χ1v) is 9.74. The van der Waals surface area contributed by atoms with Crippen molar-refractivity contribution in [1.82, 2.24) is 25.3 Å². The lowest BCUT2D eigenvalue weighted by Gasteiger charge is -2.17. The topological polar surface area (TPSA) is 83.9 Å². The van der Waals surface area contributed by atoms with Crippen LogP contribution in [0.3, 0.4) is 0 Å². The number of thiazole rings is 1. The summed E-state index contributed by atoms with van der Waals surface area (Å²) < 4.78 is 0. The third-order valence-corrected chi connectivity index (χ3v) is 5.27. The number of hydrogen-bond donors (Lipinski definition) is 1. The molecular formula is C19H20N6OS. The van der Waals surface area contributed by atoms with E-state index in [-0.39, 0.29) is 11.9 Å². The molecule has 0 saturated carbocycles. The second kappa shape index (κ2) is 7.79. The summed E-state index contributed by atoms with van der Waals surface area (Å²) in [7, 11) is 0. The average molecular weight is 380 g/mol. The number of carbonyl (C=O) groups is 1. The van der Waals surface area contributed by atoms with Crippen LogP contribution in [0.25, 0.3) is 11.3 Å². The Hall–Kier alpha value is -2.87. The Morgan fingerprint density at radius 3 is 3.04 bits per heavy atom. The number of aryl methyl sites for hydroxylation is 1. The number of pyridine rings is 1. The number of nitrogens with one attached hydrogen (secondary N) is 1. The summed E-state index contributed by atoms with van der Waals surface area (Å²) in [6, 6.07) is 5.85. The summed E-state index contributed by atoms with van der Waals surface area (Å²) in [6.45, 7) is 3.47. The zero-order chi connectivity index (χ0) is 18.6. The molecule has 1 N–H and O–H groups in total. The minimum Gasteiger partial charge on any atom is -0.351 e. The highest BCUT2D eigenvalue weighted by Gasteiger charge is 2.26. The molecule has 0 spiro atoms. The molecule has 7 nitrogen and oxygen atoms in total. The Balaban J connectivity index is 1.37. The number of rotatable bonds is 5. The van der Waals surface area contributed by atoms with Gasteiger partial charge in [-0.05, 0) is 31.5 Å². The Bertz CT molecular complexity index is 929. The highest BCUT2D eigenvalue weighted by atomic mass is 32.1. The van der Waals surface area contributed by atoms with Gasteiger partial charge in [0, 0.05) is 48.7 Å². The highest BCUT2D eigenvalue weighted by Crippen LogP contribution is 2.21. The normalized spacial score (nSPS) is 16.5. The van der Waals surface area contributed by atoms with E-state index in [0.29, 0.717) is 18.9 Å². The molecule has 1 amide bonds. The van der Waals surface area contributed by atoms with Gasteiger partial charge in [0.2, 0.25) is 11.9 Å². The van der Waals surface area contributed by atoms with Crippen LogP contribution in [0.5, 0.6) is 0 Å². The smallest absolute Gasteiger partial charge is 0.226 e. The second-order valence-corrected chi connectivity index (χ2v) is 7.58. The van der Waals surface area contributed by atoms with E-state index in [2.05, 4.69) is 30.2 Å². The molecule has 4 rings (SSSR count). The predicted molar refractivity (Wildman–Crippen MR) is 105 cm³/mol. The van der Waals surface area contributed by atoms with Crippen LogP contribution >= 0.6 is 11.3 Å². The van der Waals surface area contributed by atoms with Crippen LogP contribution in [0.2, 0.25) is 0 Å². The fourth-order valence-electron chi connectivity index (χ4n) is 3.17. The fourth-order valence-corrected chi connectivity index (χ4v) is 3.78. The van der Waals surface area contributed by atoms with Gasteiger partial charge in [-0.15, -0.1) is 11.3 Å². The van der Waals surface area contributed by atoms with Gasteiger partial charge in [0.15, 0.2) is 0 Å². The Labute approximate surface area is 161 Å². The third-order valence-electron chi connectivity index (χ3n) is 4.44. The van der Waals surface area contributed by atoms with Gasteiger partial charge in [-0.1, -0.05) is 0 Å². The summed E-state index contributed by atoms with van der Waals surface area (Å²) in [5, 5.41) is 6.02. The van der Waals surface area contributed by atoms with Crippen LogP contribution in [-0.4, -0.2) is 45.0 Å². The van der Waals surface area contributed by atoms with Crippen LogP contribution in [0, 0.1) is 6.92 Å². The van der Waals surface area contributed by atoms with E-state index in [0.717, 1.165) is 34.9 Å². The molecule has 3 aromatic heterocycles. The molecule has 4 heterocycles. The van der Waals surface area contributed by atoms with Crippen LogP contribution in [-0.2, 0) is 11.2 Å². The van der Waals surface area contributed by atoms with Gasteiger partial charge >= 0.3 is 0 Å². The van der Waals surface area contributed by atoms with Gasteiger partial charge in [-0.2, -0.15) is 0 Å².